The van der Waals surface area contributed by atoms with Gasteiger partial charge in [0.2, 0.25) is 0 Å². The van der Waals surface area contributed by atoms with Crippen molar-refractivity contribution in [1.29, 1.82) is 0 Å². The van der Waals surface area contributed by atoms with Gasteiger partial charge in [-0.05, 0) is 37.1 Å². The molecule has 0 saturated carbocycles. The van der Waals surface area contributed by atoms with Gasteiger partial charge in [-0.25, -0.2) is 8.42 Å². The van der Waals surface area contributed by atoms with Crippen LogP contribution in [0, 0.1) is 13.8 Å². The maximum atomic E-state index is 12.8. The first-order valence-electron chi connectivity index (χ1n) is 7.12. The highest BCUT2D eigenvalue weighted by Crippen LogP contribution is 2.43. The number of phenolic OH excluding ortho intramolecular Hbond substituents is 2. The second-order valence-electron chi connectivity index (χ2n) is 5.70. The predicted octanol–water partition coefficient (Wildman–Crippen LogP) is 1.65. The van der Waals surface area contributed by atoms with E-state index in [2.05, 4.69) is 0 Å². The van der Waals surface area contributed by atoms with Crippen LogP contribution in [0.3, 0.4) is 0 Å². The lowest BCUT2D eigenvalue weighted by Gasteiger charge is -2.22. The number of phenols is 2. The fourth-order valence-electron chi connectivity index (χ4n) is 2.89. The molecule has 2 aromatic rings. The molecule has 136 valence electrons. The molecule has 4 N–H and O–H groups in total. The maximum absolute atomic E-state index is 12.8. The van der Waals surface area contributed by atoms with Gasteiger partial charge in [0.1, 0.15) is 11.5 Å². The summed E-state index contributed by atoms with van der Waals surface area (Å²) in [5, 5.41) is 20.6. The molecule has 0 bridgehead atoms. The molecule has 26 heavy (non-hydrogen) atoms. The average Bonchev–Trinajstić information content (AvgIpc) is 2.59. The monoisotopic (exact) mass is 396 g/mol. The minimum absolute atomic E-state index is 0.213. The van der Waals surface area contributed by atoms with Crippen LogP contribution < -0.4 is 0 Å². The number of rotatable bonds is 2. The van der Waals surface area contributed by atoms with Crippen LogP contribution in [-0.4, -0.2) is 39.3 Å². The zero-order valence-corrected chi connectivity index (χ0v) is 15.0. The highest BCUT2D eigenvalue weighted by molar-refractivity contribution is 7.82. The van der Waals surface area contributed by atoms with Crippen molar-refractivity contribution in [3.63, 3.8) is 0 Å². The van der Waals surface area contributed by atoms with Crippen molar-refractivity contribution in [2.75, 3.05) is 0 Å². The quantitative estimate of drug-likeness (QED) is 0.377. The minimum Gasteiger partial charge on any atom is -0.507 e. The van der Waals surface area contributed by atoms with Crippen molar-refractivity contribution >= 4 is 33.7 Å². The highest BCUT2D eigenvalue weighted by Gasteiger charge is 2.37. The molecule has 0 amide bonds. The van der Waals surface area contributed by atoms with E-state index in [1.54, 1.807) is 0 Å². The van der Waals surface area contributed by atoms with Crippen molar-refractivity contribution in [2.24, 2.45) is 0 Å². The Hall–Kier alpha value is -2.40. The Morgan fingerprint density at radius 1 is 0.731 bits per heavy atom. The van der Waals surface area contributed by atoms with Crippen LogP contribution >= 0.6 is 0 Å². The fourth-order valence-corrected chi connectivity index (χ4v) is 4.21. The van der Waals surface area contributed by atoms with Gasteiger partial charge >= 0.3 is 0 Å². The largest absolute Gasteiger partial charge is 0.507 e. The van der Waals surface area contributed by atoms with Gasteiger partial charge in [-0.3, -0.25) is 9.59 Å². The molecule has 10 heteroatoms. The summed E-state index contributed by atoms with van der Waals surface area (Å²) in [5.41, 5.74) is -0.986. The van der Waals surface area contributed by atoms with Crippen molar-refractivity contribution < 1.29 is 37.3 Å². The molecule has 1 aliphatic rings. The van der Waals surface area contributed by atoms with Crippen LogP contribution in [0.5, 0.6) is 11.5 Å². The number of hydrogen-bond donors (Lipinski definition) is 4. The van der Waals surface area contributed by atoms with E-state index in [4.69, 9.17) is 0 Å². The summed E-state index contributed by atoms with van der Waals surface area (Å²) in [4.78, 5) is 24.6. The lowest BCUT2D eigenvalue weighted by atomic mass is 9.81. The van der Waals surface area contributed by atoms with Crippen LogP contribution in [0.1, 0.15) is 43.0 Å². The lowest BCUT2D eigenvalue weighted by molar-refractivity contribution is 0.0973. The number of benzene rings is 2. The summed E-state index contributed by atoms with van der Waals surface area (Å²) in [7, 11) is 0. The van der Waals surface area contributed by atoms with E-state index in [1.165, 1.54) is 13.8 Å². The first-order chi connectivity index (χ1) is 12.1. The van der Waals surface area contributed by atoms with Gasteiger partial charge in [-0.15, -0.1) is 0 Å². The third kappa shape index (κ3) is 2.42. The Morgan fingerprint density at radius 3 is 1.31 bits per heavy atom. The number of hydrogen-bond acceptors (Lipinski definition) is 6. The molecular formula is C16H12O8S2. The van der Waals surface area contributed by atoms with Crippen LogP contribution in [0.4, 0.5) is 0 Å². The molecular weight excluding hydrogens is 384 g/mol. The van der Waals surface area contributed by atoms with Crippen LogP contribution in [0.15, 0.2) is 21.9 Å². The Morgan fingerprint density at radius 2 is 1.04 bits per heavy atom. The van der Waals surface area contributed by atoms with E-state index in [-0.39, 0.29) is 22.3 Å². The molecule has 0 saturated heterocycles. The lowest BCUT2D eigenvalue weighted by Crippen LogP contribution is -2.23. The zero-order valence-electron chi connectivity index (χ0n) is 13.4. The average molecular weight is 396 g/mol. The molecule has 2 unspecified atom stereocenters. The topological polar surface area (TPSA) is 149 Å². The molecule has 3 rings (SSSR count). The Kier molecular flexibility index (Phi) is 4.31. The molecule has 2 aromatic carbocycles. The van der Waals surface area contributed by atoms with Crippen molar-refractivity contribution in [2.45, 2.75) is 23.6 Å². The molecule has 0 aromatic heterocycles. The first-order valence-corrected chi connectivity index (χ1v) is 9.33. The van der Waals surface area contributed by atoms with Crippen molar-refractivity contribution in [1.82, 2.24) is 0 Å². The van der Waals surface area contributed by atoms with Crippen LogP contribution in [-0.2, 0) is 22.2 Å². The number of fused-ring (bicyclic) bond motifs is 2. The summed E-state index contributed by atoms with van der Waals surface area (Å²) >= 11 is -5.38. The van der Waals surface area contributed by atoms with Gasteiger partial charge in [-0.1, -0.05) is 0 Å². The summed E-state index contributed by atoms with van der Waals surface area (Å²) in [6.07, 6.45) is 0. The normalized spacial score (nSPS) is 15.4. The number of aromatic hydroxyl groups is 2. The predicted molar refractivity (Wildman–Crippen MR) is 90.6 cm³/mol. The summed E-state index contributed by atoms with van der Waals surface area (Å²) in [6, 6.07) is 1.76. The number of carbonyl (C=O) groups excluding carboxylic acids is 2. The van der Waals surface area contributed by atoms with Crippen molar-refractivity contribution in [3.05, 3.63) is 45.5 Å². The molecule has 0 spiro atoms. The molecule has 0 heterocycles. The van der Waals surface area contributed by atoms with E-state index in [0.717, 1.165) is 12.1 Å². The standard InChI is InChI=1S/C16H12O8S2/c1-5-6(2)14(18)12-11(13(5)17)15(19)7-3-9(25(21)22)10(26(23)24)4-8(7)16(12)20/h3-4,17-18H,1-2H3,(H,21,22)(H,23,24). The molecule has 0 aliphatic heterocycles. The third-order valence-corrected chi connectivity index (χ3v) is 5.96. The number of ketones is 2. The smallest absolute Gasteiger partial charge is 0.198 e. The second-order valence-corrected chi connectivity index (χ2v) is 7.57. The van der Waals surface area contributed by atoms with Crippen LogP contribution in [0.2, 0.25) is 0 Å². The third-order valence-electron chi connectivity index (χ3n) is 4.40. The summed E-state index contributed by atoms with van der Waals surface area (Å²) < 4.78 is 41.5. The summed E-state index contributed by atoms with van der Waals surface area (Å²) in [6.45, 7) is 2.92. The van der Waals surface area contributed by atoms with Gasteiger partial charge in [0.15, 0.2) is 33.7 Å². The van der Waals surface area contributed by atoms with E-state index >= 15 is 0 Å². The fraction of sp³-hybridized carbons (Fsp3) is 0.125. The first kappa shape index (κ1) is 18.4. The Balaban J connectivity index is 2.43. The van der Waals surface area contributed by atoms with Gasteiger partial charge in [0, 0.05) is 11.1 Å². The summed E-state index contributed by atoms with van der Waals surface area (Å²) in [5.74, 6) is -2.62. The molecule has 1 aliphatic carbocycles. The van der Waals surface area contributed by atoms with Crippen molar-refractivity contribution in [3.8, 4) is 11.5 Å². The van der Waals surface area contributed by atoms with Gasteiger partial charge in [-0.2, -0.15) is 0 Å². The zero-order chi connectivity index (χ0) is 19.5. The van der Waals surface area contributed by atoms with Gasteiger partial charge < -0.3 is 19.3 Å². The number of carbonyl (C=O) groups is 2. The molecule has 0 radical (unpaired) electrons. The maximum Gasteiger partial charge on any atom is 0.198 e. The molecule has 0 fully saturated rings. The van der Waals surface area contributed by atoms with Crippen LogP contribution in [0.25, 0.3) is 0 Å². The molecule has 2 atom stereocenters. The van der Waals surface area contributed by atoms with E-state index < -0.39 is 66.1 Å². The van der Waals surface area contributed by atoms with E-state index in [9.17, 15) is 37.3 Å². The Labute approximate surface area is 152 Å². The molecule has 8 nitrogen and oxygen atoms in total. The highest BCUT2D eigenvalue weighted by atomic mass is 32.2. The van der Waals surface area contributed by atoms with E-state index in [1.807, 2.05) is 0 Å². The second kappa shape index (κ2) is 6.09. The van der Waals surface area contributed by atoms with Gasteiger partial charge in [0.25, 0.3) is 0 Å². The SMILES string of the molecule is Cc1c(C)c(O)c2c(c1O)C(=O)c1cc(S(=O)O)c(S(=O)O)cc1C2=O. The van der Waals surface area contributed by atoms with Gasteiger partial charge in [0.05, 0.1) is 20.9 Å². The minimum atomic E-state index is -2.69. The van der Waals surface area contributed by atoms with E-state index in [0.29, 0.717) is 0 Å². The Bertz CT molecular complexity index is 987.